The molecular weight excluding hydrogens is 258 g/mol. The highest BCUT2D eigenvalue weighted by molar-refractivity contribution is 5.70. The van der Waals surface area contributed by atoms with Crippen LogP contribution in [0.2, 0.25) is 0 Å². The van der Waals surface area contributed by atoms with Gasteiger partial charge in [0.2, 0.25) is 0 Å². The van der Waals surface area contributed by atoms with Gasteiger partial charge in [-0.3, -0.25) is 4.99 Å². The molecule has 1 aliphatic rings. The van der Waals surface area contributed by atoms with Crippen molar-refractivity contribution in [3.05, 3.63) is 59.7 Å². The summed E-state index contributed by atoms with van der Waals surface area (Å²) < 4.78 is 5.68. The van der Waals surface area contributed by atoms with Crippen LogP contribution in [0.1, 0.15) is 37.8 Å². The monoisotopic (exact) mass is 283 g/mol. The Morgan fingerprint density at radius 3 is 2.67 bits per heavy atom. The third-order valence-electron chi connectivity index (χ3n) is 3.70. The van der Waals surface area contributed by atoms with E-state index in [2.05, 4.69) is 42.8 Å². The Morgan fingerprint density at radius 2 is 2.10 bits per heavy atom. The molecule has 0 N–H and O–H groups in total. The number of hydrogen-bond donors (Lipinski definition) is 0. The Labute approximate surface area is 128 Å². The third kappa shape index (κ3) is 4.68. The lowest BCUT2D eigenvalue weighted by Crippen LogP contribution is -2.09. The van der Waals surface area contributed by atoms with Crippen LogP contribution in [0.5, 0.6) is 0 Å². The van der Waals surface area contributed by atoms with Crippen molar-refractivity contribution in [2.45, 2.75) is 38.7 Å². The molecule has 0 saturated carbocycles. The lowest BCUT2D eigenvalue weighted by molar-refractivity contribution is 0.306. The maximum absolute atomic E-state index is 5.68. The summed E-state index contributed by atoms with van der Waals surface area (Å²) in [7, 11) is 0. The van der Waals surface area contributed by atoms with E-state index in [0.29, 0.717) is 0 Å². The second kappa shape index (κ2) is 7.37. The predicted molar refractivity (Wildman–Crippen MR) is 90.0 cm³/mol. The van der Waals surface area contributed by atoms with E-state index in [0.717, 1.165) is 32.4 Å². The molecular formula is C19H25NO. The van der Waals surface area contributed by atoms with Crippen molar-refractivity contribution < 1.29 is 4.74 Å². The summed E-state index contributed by atoms with van der Waals surface area (Å²) in [5, 5.41) is 0. The number of aryl methyl sites for hydroxylation is 1. The van der Waals surface area contributed by atoms with Crippen LogP contribution in [-0.2, 0) is 16.8 Å². The van der Waals surface area contributed by atoms with Gasteiger partial charge in [0.05, 0.1) is 6.61 Å². The topological polar surface area (TPSA) is 24.9 Å². The molecule has 1 fully saturated rings. The van der Waals surface area contributed by atoms with E-state index in [1.54, 1.807) is 0 Å². The van der Waals surface area contributed by atoms with E-state index < -0.39 is 0 Å². The molecule has 112 valence electrons. The van der Waals surface area contributed by atoms with Crippen LogP contribution < -0.4 is 0 Å². The molecule has 1 aromatic rings. The Kier molecular flexibility index (Phi) is 5.51. The summed E-state index contributed by atoms with van der Waals surface area (Å²) in [5.74, 6) is 0. The number of allylic oxidation sites excluding steroid dienone is 2. The highest BCUT2D eigenvalue weighted by atomic mass is 16.6. The quantitative estimate of drug-likeness (QED) is 0.299. The zero-order valence-corrected chi connectivity index (χ0v) is 13.1. The van der Waals surface area contributed by atoms with Crippen molar-refractivity contribution in [1.82, 2.24) is 0 Å². The minimum Gasteiger partial charge on any atom is -0.364 e. The van der Waals surface area contributed by atoms with Gasteiger partial charge in [-0.2, -0.15) is 0 Å². The van der Waals surface area contributed by atoms with Gasteiger partial charge in [0.1, 0.15) is 5.60 Å². The average Bonchev–Trinajstić information content (AvgIpc) is 3.23. The van der Waals surface area contributed by atoms with Gasteiger partial charge < -0.3 is 4.74 Å². The first-order valence-electron chi connectivity index (χ1n) is 7.65. The molecule has 0 amide bonds. The van der Waals surface area contributed by atoms with Crippen molar-refractivity contribution in [3.8, 4) is 0 Å². The Balaban J connectivity index is 1.84. The Morgan fingerprint density at radius 1 is 1.38 bits per heavy atom. The fraction of sp³-hybridized carbons (Fsp3) is 0.421. The summed E-state index contributed by atoms with van der Waals surface area (Å²) in [5.41, 5.74) is 3.74. The van der Waals surface area contributed by atoms with Crippen LogP contribution >= 0.6 is 0 Å². The van der Waals surface area contributed by atoms with E-state index in [1.165, 1.54) is 16.7 Å². The Bertz CT molecular complexity index is 521. The number of benzene rings is 1. The molecule has 1 heterocycles. The molecule has 0 spiro atoms. The molecule has 0 radical (unpaired) electrons. The highest BCUT2D eigenvalue weighted by Crippen LogP contribution is 2.43. The molecule has 1 aromatic carbocycles. The van der Waals surface area contributed by atoms with Crippen molar-refractivity contribution in [2.75, 3.05) is 13.2 Å². The normalized spacial score (nSPS) is 21.2. The first-order chi connectivity index (χ1) is 10.2. The SMILES string of the molecule is C=C(C)CC1(c2ccc(CCCN=C/C=C\C)cc2)CO1. The number of rotatable bonds is 8. The van der Waals surface area contributed by atoms with Crippen LogP contribution in [0.25, 0.3) is 0 Å². The number of nitrogens with zero attached hydrogens (tertiary/aromatic N) is 1. The number of hydrogen-bond acceptors (Lipinski definition) is 2. The van der Waals surface area contributed by atoms with Crippen molar-refractivity contribution >= 4 is 6.21 Å². The molecule has 1 atom stereocenters. The lowest BCUT2D eigenvalue weighted by atomic mass is 9.92. The molecule has 21 heavy (non-hydrogen) atoms. The molecule has 2 heteroatoms. The molecule has 1 saturated heterocycles. The summed E-state index contributed by atoms with van der Waals surface area (Å²) in [6.45, 7) is 9.76. The van der Waals surface area contributed by atoms with Gasteiger partial charge in [-0.1, -0.05) is 35.9 Å². The van der Waals surface area contributed by atoms with Crippen LogP contribution in [0.15, 0.2) is 53.6 Å². The molecule has 1 aliphatic heterocycles. The zero-order chi connectivity index (χ0) is 15.1. The van der Waals surface area contributed by atoms with Gasteiger partial charge in [0.15, 0.2) is 0 Å². The fourth-order valence-corrected chi connectivity index (χ4v) is 2.52. The van der Waals surface area contributed by atoms with Gasteiger partial charge in [0.25, 0.3) is 0 Å². The Hall–Kier alpha value is -1.67. The lowest BCUT2D eigenvalue weighted by Gasteiger charge is -2.12. The van der Waals surface area contributed by atoms with Gasteiger partial charge in [-0.05, 0) is 43.9 Å². The molecule has 2 rings (SSSR count). The van der Waals surface area contributed by atoms with Crippen LogP contribution in [0.4, 0.5) is 0 Å². The first-order valence-corrected chi connectivity index (χ1v) is 7.65. The molecule has 2 nitrogen and oxygen atoms in total. The number of ether oxygens (including phenoxy) is 1. The van der Waals surface area contributed by atoms with Crippen molar-refractivity contribution in [2.24, 2.45) is 4.99 Å². The van der Waals surface area contributed by atoms with E-state index in [1.807, 2.05) is 25.3 Å². The second-order valence-electron chi connectivity index (χ2n) is 5.80. The van der Waals surface area contributed by atoms with E-state index >= 15 is 0 Å². The third-order valence-corrected chi connectivity index (χ3v) is 3.70. The van der Waals surface area contributed by atoms with Crippen LogP contribution in [0.3, 0.4) is 0 Å². The minimum absolute atomic E-state index is 0.0822. The first kappa shape index (κ1) is 15.7. The molecule has 1 unspecified atom stereocenters. The smallest absolute Gasteiger partial charge is 0.120 e. The summed E-state index contributed by atoms with van der Waals surface area (Å²) >= 11 is 0. The average molecular weight is 283 g/mol. The summed E-state index contributed by atoms with van der Waals surface area (Å²) in [6.07, 6.45) is 8.90. The molecule has 0 aliphatic carbocycles. The molecule has 0 bridgehead atoms. The number of epoxide rings is 1. The maximum Gasteiger partial charge on any atom is 0.120 e. The van der Waals surface area contributed by atoms with Gasteiger partial charge in [-0.25, -0.2) is 0 Å². The second-order valence-corrected chi connectivity index (χ2v) is 5.80. The standard InChI is InChI=1S/C19H25NO/c1-4-5-12-20-13-6-7-17-8-10-18(11-9-17)19(15-21-19)14-16(2)3/h4-5,8-12H,2,6-7,13-15H2,1,3H3/b5-4-,20-12?. The van der Waals surface area contributed by atoms with E-state index in [9.17, 15) is 0 Å². The number of aliphatic imine (C=N–C) groups is 1. The fourth-order valence-electron chi connectivity index (χ4n) is 2.52. The van der Waals surface area contributed by atoms with E-state index in [-0.39, 0.29) is 5.60 Å². The maximum atomic E-state index is 5.68. The zero-order valence-electron chi connectivity index (χ0n) is 13.1. The van der Waals surface area contributed by atoms with Gasteiger partial charge in [0, 0.05) is 19.2 Å². The predicted octanol–water partition coefficient (Wildman–Crippen LogP) is 4.46. The van der Waals surface area contributed by atoms with E-state index in [4.69, 9.17) is 4.74 Å². The largest absolute Gasteiger partial charge is 0.364 e. The minimum atomic E-state index is -0.0822. The summed E-state index contributed by atoms with van der Waals surface area (Å²) in [4.78, 5) is 4.33. The van der Waals surface area contributed by atoms with Gasteiger partial charge >= 0.3 is 0 Å². The summed E-state index contributed by atoms with van der Waals surface area (Å²) in [6, 6.07) is 8.84. The van der Waals surface area contributed by atoms with Crippen molar-refractivity contribution in [1.29, 1.82) is 0 Å². The highest BCUT2D eigenvalue weighted by Gasteiger charge is 2.45. The van der Waals surface area contributed by atoms with Gasteiger partial charge in [-0.15, -0.1) is 6.58 Å². The van der Waals surface area contributed by atoms with Crippen molar-refractivity contribution in [3.63, 3.8) is 0 Å². The molecule has 0 aromatic heterocycles. The van der Waals surface area contributed by atoms with Crippen LogP contribution in [0, 0.1) is 0 Å². The van der Waals surface area contributed by atoms with Crippen LogP contribution in [-0.4, -0.2) is 19.4 Å².